The molecule has 0 radical (unpaired) electrons. The third-order valence-electron chi connectivity index (χ3n) is 3.11. The van der Waals surface area contributed by atoms with Crippen molar-refractivity contribution in [1.82, 2.24) is 0 Å². The van der Waals surface area contributed by atoms with Crippen LogP contribution in [-0.4, -0.2) is 18.0 Å². The maximum Gasteiger partial charge on any atom is 0.0666 e. The van der Waals surface area contributed by atoms with E-state index in [-0.39, 0.29) is 0 Å². The van der Waals surface area contributed by atoms with Crippen LogP contribution in [0.1, 0.15) is 24.5 Å². The van der Waals surface area contributed by atoms with Gasteiger partial charge in [-0.1, -0.05) is 23.7 Å². The number of halogens is 1. The van der Waals surface area contributed by atoms with Crippen LogP contribution < -0.4 is 5.73 Å². The normalized spacial score (nSPS) is 24.2. The molecule has 4 heteroatoms. The van der Waals surface area contributed by atoms with Crippen molar-refractivity contribution in [3.8, 4) is 0 Å². The van der Waals surface area contributed by atoms with E-state index in [4.69, 9.17) is 22.1 Å². The van der Waals surface area contributed by atoms with E-state index in [9.17, 15) is 0 Å². The van der Waals surface area contributed by atoms with Crippen LogP contribution in [0.25, 0.3) is 0 Å². The SMILES string of the molecule is CC1OCCC1SCc1ccc(CN)cc1Cl. The summed E-state index contributed by atoms with van der Waals surface area (Å²) in [5.74, 6) is 0.946. The van der Waals surface area contributed by atoms with Crippen molar-refractivity contribution >= 4 is 23.4 Å². The van der Waals surface area contributed by atoms with E-state index in [1.54, 1.807) is 0 Å². The Balaban J connectivity index is 1.94. The third kappa shape index (κ3) is 3.38. The fourth-order valence-corrected chi connectivity index (χ4v) is 3.57. The predicted molar refractivity (Wildman–Crippen MR) is 74.5 cm³/mol. The molecule has 1 aliphatic rings. The fraction of sp³-hybridized carbons (Fsp3) is 0.538. The van der Waals surface area contributed by atoms with E-state index in [0.717, 1.165) is 29.4 Å². The van der Waals surface area contributed by atoms with Gasteiger partial charge in [-0.25, -0.2) is 0 Å². The van der Waals surface area contributed by atoms with Gasteiger partial charge in [0, 0.05) is 29.2 Å². The molecule has 1 fully saturated rings. The smallest absolute Gasteiger partial charge is 0.0666 e. The Morgan fingerprint density at radius 1 is 1.53 bits per heavy atom. The summed E-state index contributed by atoms with van der Waals surface area (Å²) in [6, 6.07) is 6.10. The summed E-state index contributed by atoms with van der Waals surface area (Å²) in [5.41, 5.74) is 7.85. The standard InChI is InChI=1S/C13H18ClNOS/c1-9-13(4-5-16-9)17-8-11-3-2-10(7-15)6-12(11)14/h2-3,6,9,13H,4-5,7-8,15H2,1H3. The molecule has 2 nitrogen and oxygen atoms in total. The van der Waals surface area contributed by atoms with E-state index in [1.165, 1.54) is 5.56 Å². The minimum absolute atomic E-state index is 0.363. The summed E-state index contributed by atoms with van der Waals surface area (Å²) in [7, 11) is 0. The lowest BCUT2D eigenvalue weighted by Crippen LogP contribution is -2.13. The van der Waals surface area contributed by atoms with Crippen molar-refractivity contribution in [2.45, 2.75) is 37.0 Å². The zero-order chi connectivity index (χ0) is 12.3. The molecule has 2 unspecified atom stereocenters. The molecule has 0 aliphatic carbocycles. The van der Waals surface area contributed by atoms with Crippen LogP contribution in [0.3, 0.4) is 0 Å². The molecular weight excluding hydrogens is 254 g/mol. The minimum atomic E-state index is 0.363. The summed E-state index contributed by atoms with van der Waals surface area (Å²) < 4.78 is 5.55. The van der Waals surface area contributed by atoms with Crippen molar-refractivity contribution in [1.29, 1.82) is 0 Å². The second-order valence-electron chi connectivity index (χ2n) is 4.34. The first-order valence-electron chi connectivity index (χ1n) is 5.91. The Kier molecular flexibility index (Phi) is 4.74. The molecule has 0 amide bonds. The molecule has 1 aromatic rings. The van der Waals surface area contributed by atoms with Gasteiger partial charge in [-0.2, -0.15) is 11.8 Å². The molecule has 1 heterocycles. The Labute approximate surface area is 112 Å². The van der Waals surface area contributed by atoms with Crippen molar-refractivity contribution in [2.24, 2.45) is 5.73 Å². The molecule has 0 spiro atoms. The Morgan fingerprint density at radius 3 is 2.94 bits per heavy atom. The zero-order valence-electron chi connectivity index (χ0n) is 9.99. The lowest BCUT2D eigenvalue weighted by molar-refractivity contribution is 0.127. The number of nitrogens with two attached hydrogens (primary N) is 1. The number of rotatable bonds is 4. The number of hydrogen-bond acceptors (Lipinski definition) is 3. The first kappa shape index (κ1) is 13.2. The van der Waals surface area contributed by atoms with Crippen molar-refractivity contribution in [3.05, 3.63) is 34.3 Å². The van der Waals surface area contributed by atoms with Crippen LogP contribution >= 0.6 is 23.4 Å². The summed E-state index contributed by atoms with van der Waals surface area (Å²) in [6.07, 6.45) is 1.51. The summed E-state index contributed by atoms with van der Waals surface area (Å²) >= 11 is 8.16. The first-order chi connectivity index (χ1) is 8.20. The van der Waals surface area contributed by atoms with Gasteiger partial charge >= 0.3 is 0 Å². The average Bonchev–Trinajstić information content (AvgIpc) is 2.73. The molecule has 94 valence electrons. The maximum absolute atomic E-state index is 6.23. The van der Waals surface area contributed by atoms with Gasteiger partial charge in [-0.3, -0.25) is 0 Å². The van der Waals surface area contributed by atoms with Gasteiger partial charge in [0.25, 0.3) is 0 Å². The van der Waals surface area contributed by atoms with Crippen LogP contribution in [0.5, 0.6) is 0 Å². The number of ether oxygens (including phenoxy) is 1. The molecule has 0 bridgehead atoms. The van der Waals surface area contributed by atoms with E-state index < -0.39 is 0 Å². The molecule has 2 N–H and O–H groups in total. The van der Waals surface area contributed by atoms with E-state index in [0.29, 0.717) is 17.9 Å². The largest absolute Gasteiger partial charge is 0.377 e. The van der Waals surface area contributed by atoms with E-state index in [1.807, 2.05) is 17.8 Å². The molecule has 1 saturated heterocycles. The molecular formula is C13H18ClNOS. The highest BCUT2D eigenvalue weighted by molar-refractivity contribution is 7.99. The predicted octanol–water partition coefficient (Wildman–Crippen LogP) is 3.21. The molecule has 2 atom stereocenters. The molecule has 2 rings (SSSR count). The van der Waals surface area contributed by atoms with Crippen LogP contribution in [0.2, 0.25) is 5.02 Å². The van der Waals surface area contributed by atoms with E-state index >= 15 is 0 Å². The van der Waals surface area contributed by atoms with Crippen LogP contribution in [0.15, 0.2) is 18.2 Å². The number of benzene rings is 1. The summed E-state index contributed by atoms with van der Waals surface area (Å²) in [5, 5.41) is 1.42. The van der Waals surface area contributed by atoms with Gasteiger partial charge < -0.3 is 10.5 Å². The monoisotopic (exact) mass is 271 g/mol. The maximum atomic E-state index is 6.23. The summed E-state index contributed by atoms with van der Waals surface area (Å²) in [6.45, 7) is 3.57. The molecule has 0 saturated carbocycles. The van der Waals surface area contributed by atoms with Gasteiger partial charge in [0.15, 0.2) is 0 Å². The van der Waals surface area contributed by atoms with Gasteiger partial charge in [0.1, 0.15) is 0 Å². The number of hydrogen-bond donors (Lipinski definition) is 1. The van der Waals surface area contributed by atoms with Gasteiger partial charge in [0.2, 0.25) is 0 Å². The van der Waals surface area contributed by atoms with Crippen molar-refractivity contribution in [2.75, 3.05) is 6.61 Å². The molecule has 1 aromatic carbocycles. The second-order valence-corrected chi connectivity index (χ2v) is 5.98. The highest BCUT2D eigenvalue weighted by Gasteiger charge is 2.24. The zero-order valence-corrected chi connectivity index (χ0v) is 11.6. The van der Waals surface area contributed by atoms with Crippen LogP contribution in [0.4, 0.5) is 0 Å². The lowest BCUT2D eigenvalue weighted by Gasteiger charge is -2.14. The fourth-order valence-electron chi connectivity index (χ4n) is 1.96. The van der Waals surface area contributed by atoms with Gasteiger partial charge in [-0.05, 0) is 30.5 Å². The van der Waals surface area contributed by atoms with Gasteiger partial charge in [-0.15, -0.1) is 0 Å². The van der Waals surface area contributed by atoms with Crippen LogP contribution in [0, 0.1) is 0 Å². The van der Waals surface area contributed by atoms with Crippen LogP contribution in [-0.2, 0) is 17.0 Å². The van der Waals surface area contributed by atoms with E-state index in [2.05, 4.69) is 19.1 Å². The minimum Gasteiger partial charge on any atom is -0.377 e. The van der Waals surface area contributed by atoms with Gasteiger partial charge in [0.05, 0.1) is 6.10 Å². The second kappa shape index (κ2) is 6.10. The quantitative estimate of drug-likeness (QED) is 0.913. The Hall–Kier alpha value is -0.220. The first-order valence-corrected chi connectivity index (χ1v) is 7.34. The summed E-state index contributed by atoms with van der Waals surface area (Å²) in [4.78, 5) is 0. The Morgan fingerprint density at radius 2 is 2.35 bits per heavy atom. The molecule has 0 aromatic heterocycles. The molecule has 1 aliphatic heterocycles. The highest BCUT2D eigenvalue weighted by Crippen LogP contribution is 2.31. The highest BCUT2D eigenvalue weighted by atomic mass is 35.5. The number of thioether (sulfide) groups is 1. The molecule has 17 heavy (non-hydrogen) atoms. The topological polar surface area (TPSA) is 35.2 Å². The third-order valence-corrected chi connectivity index (χ3v) is 4.99. The average molecular weight is 272 g/mol. The Bertz CT molecular complexity index is 386. The lowest BCUT2D eigenvalue weighted by atomic mass is 10.1. The van der Waals surface area contributed by atoms with Crippen molar-refractivity contribution < 1.29 is 4.74 Å². The van der Waals surface area contributed by atoms with Crippen molar-refractivity contribution in [3.63, 3.8) is 0 Å².